The highest BCUT2D eigenvalue weighted by atomic mass is 35.5. The number of rotatable bonds is 3. The first kappa shape index (κ1) is 15.6. The summed E-state index contributed by atoms with van der Waals surface area (Å²) in [6.45, 7) is 0. The molecule has 0 N–H and O–H groups in total. The van der Waals surface area contributed by atoms with Crippen molar-refractivity contribution in [2.45, 2.75) is 16.2 Å². The van der Waals surface area contributed by atoms with Gasteiger partial charge in [0.15, 0.2) is 12.0 Å². The van der Waals surface area contributed by atoms with E-state index in [0.717, 1.165) is 18.2 Å². The lowest BCUT2D eigenvalue weighted by atomic mass is 10.2. The molecule has 0 fully saturated rings. The summed E-state index contributed by atoms with van der Waals surface area (Å²) in [6, 6.07) is 3.97. The molecule has 0 spiro atoms. The van der Waals surface area contributed by atoms with E-state index in [-0.39, 0.29) is 17.1 Å². The molecule has 0 saturated carbocycles. The summed E-state index contributed by atoms with van der Waals surface area (Å²) < 4.78 is 67.1. The van der Waals surface area contributed by atoms with Crippen molar-refractivity contribution in [1.82, 2.24) is 0 Å². The fourth-order valence-corrected chi connectivity index (χ4v) is 3.24. The summed E-state index contributed by atoms with van der Waals surface area (Å²) in [4.78, 5) is 9.73. The highest BCUT2D eigenvalue weighted by Gasteiger charge is 2.33. The number of sulfone groups is 1. The Balaban J connectivity index is 2.61. The first-order valence-corrected chi connectivity index (χ1v) is 7.19. The predicted octanol–water partition coefficient (Wildman–Crippen LogP) is 3.60. The molecular formula is C12H6ClF3O4S. The van der Waals surface area contributed by atoms with Crippen LogP contribution in [-0.4, -0.2) is 14.7 Å². The minimum atomic E-state index is -4.72. The van der Waals surface area contributed by atoms with Gasteiger partial charge in [-0.2, -0.15) is 13.2 Å². The number of carbonyl (C=O) groups excluding carboxylic acids is 1. The van der Waals surface area contributed by atoms with Gasteiger partial charge < -0.3 is 4.42 Å². The van der Waals surface area contributed by atoms with Crippen LogP contribution in [0.5, 0.6) is 0 Å². The molecule has 1 heterocycles. The van der Waals surface area contributed by atoms with Crippen LogP contribution < -0.4 is 0 Å². The highest BCUT2D eigenvalue weighted by molar-refractivity contribution is 7.91. The summed E-state index contributed by atoms with van der Waals surface area (Å²) in [5.41, 5.74) is -1.16. The second-order valence-electron chi connectivity index (χ2n) is 3.92. The Hall–Kier alpha value is -1.80. The minimum Gasteiger partial charge on any atom is -0.441 e. The minimum absolute atomic E-state index is 0.267. The van der Waals surface area contributed by atoms with Crippen molar-refractivity contribution >= 4 is 27.7 Å². The molecule has 1 aromatic heterocycles. The molecule has 0 aliphatic heterocycles. The van der Waals surface area contributed by atoms with Crippen molar-refractivity contribution in [1.29, 1.82) is 0 Å². The third-order valence-corrected chi connectivity index (χ3v) is 4.64. The van der Waals surface area contributed by atoms with Crippen LogP contribution in [0.15, 0.2) is 44.7 Å². The van der Waals surface area contributed by atoms with Gasteiger partial charge in [0.2, 0.25) is 14.9 Å². The number of furan rings is 1. The van der Waals surface area contributed by atoms with E-state index in [1.165, 1.54) is 0 Å². The van der Waals surface area contributed by atoms with Gasteiger partial charge in [0.05, 0.1) is 15.5 Å². The molecule has 0 aliphatic rings. The Morgan fingerprint density at radius 2 is 1.81 bits per heavy atom. The number of aldehydes is 1. The third kappa shape index (κ3) is 2.96. The average Bonchev–Trinajstić information content (AvgIpc) is 2.87. The molecule has 0 bridgehead atoms. The van der Waals surface area contributed by atoms with E-state index in [0.29, 0.717) is 12.1 Å². The number of hydrogen-bond acceptors (Lipinski definition) is 4. The van der Waals surface area contributed by atoms with E-state index in [2.05, 4.69) is 0 Å². The van der Waals surface area contributed by atoms with Gasteiger partial charge in [-0.3, -0.25) is 4.79 Å². The van der Waals surface area contributed by atoms with Crippen molar-refractivity contribution in [2.75, 3.05) is 0 Å². The van der Waals surface area contributed by atoms with Crippen LogP contribution in [0.25, 0.3) is 0 Å². The van der Waals surface area contributed by atoms with E-state index in [9.17, 15) is 26.4 Å². The Kier molecular flexibility index (Phi) is 3.85. The third-order valence-electron chi connectivity index (χ3n) is 2.53. The number of halogens is 4. The highest BCUT2D eigenvalue weighted by Crippen LogP contribution is 2.35. The van der Waals surface area contributed by atoms with Crippen LogP contribution in [0.3, 0.4) is 0 Å². The van der Waals surface area contributed by atoms with E-state index < -0.39 is 31.6 Å². The van der Waals surface area contributed by atoms with Gasteiger partial charge in [-0.1, -0.05) is 11.6 Å². The van der Waals surface area contributed by atoms with Gasteiger partial charge in [-0.05, 0) is 30.3 Å². The molecule has 0 aliphatic carbocycles. The topological polar surface area (TPSA) is 64.3 Å². The lowest BCUT2D eigenvalue weighted by Crippen LogP contribution is -2.08. The fourth-order valence-electron chi connectivity index (χ4n) is 1.54. The Morgan fingerprint density at radius 1 is 1.14 bits per heavy atom. The SMILES string of the molecule is O=Cc1ccc(S(=O)(=O)c2cc(C(F)(F)F)ccc2Cl)o1. The van der Waals surface area contributed by atoms with E-state index in [4.69, 9.17) is 16.0 Å². The van der Waals surface area contributed by atoms with Gasteiger partial charge in [0, 0.05) is 0 Å². The maximum Gasteiger partial charge on any atom is 0.416 e. The number of hydrogen-bond donors (Lipinski definition) is 0. The van der Waals surface area contributed by atoms with E-state index in [1.807, 2.05) is 0 Å². The van der Waals surface area contributed by atoms with Crippen LogP contribution in [0, 0.1) is 0 Å². The molecule has 2 aromatic rings. The maximum absolute atomic E-state index is 12.6. The molecule has 2 rings (SSSR count). The van der Waals surface area contributed by atoms with Crippen molar-refractivity contribution in [3.63, 3.8) is 0 Å². The standard InChI is InChI=1S/C12H6ClF3O4S/c13-9-3-1-7(12(14,15)16)5-10(9)21(18,19)11-4-2-8(6-17)20-11/h1-6H. The lowest BCUT2D eigenvalue weighted by molar-refractivity contribution is -0.137. The summed E-state index contributed by atoms with van der Waals surface area (Å²) in [7, 11) is -4.40. The zero-order valence-corrected chi connectivity index (χ0v) is 11.6. The van der Waals surface area contributed by atoms with E-state index in [1.54, 1.807) is 0 Å². The zero-order chi connectivity index (χ0) is 15.8. The maximum atomic E-state index is 12.6. The van der Waals surface area contributed by atoms with Crippen molar-refractivity contribution in [3.05, 3.63) is 46.7 Å². The van der Waals surface area contributed by atoms with Crippen molar-refractivity contribution in [3.8, 4) is 0 Å². The monoisotopic (exact) mass is 338 g/mol. The molecule has 4 nitrogen and oxygen atoms in total. The second kappa shape index (κ2) is 5.19. The number of benzene rings is 1. The van der Waals surface area contributed by atoms with E-state index >= 15 is 0 Å². The van der Waals surface area contributed by atoms with Crippen LogP contribution in [-0.2, 0) is 16.0 Å². The smallest absolute Gasteiger partial charge is 0.416 e. The average molecular weight is 339 g/mol. The largest absolute Gasteiger partial charge is 0.441 e. The van der Waals surface area contributed by atoms with Gasteiger partial charge in [0.1, 0.15) is 0 Å². The van der Waals surface area contributed by atoms with Crippen molar-refractivity contribution < 1.29 is 30.8 Å². The fraction of sp³-hybridized carbons (Fsp3) is 0.0833. The lowest BCUT2D eigenvalue weighted by Gasteiger charge is -2.10. The van der Waals surface area contributed by atoms with Gasteiger partial charge in [0.25, 0.3) is 0 Å². The van der Waals surface area contributed by atoms with Gasteiger partial charge in [-0.15, -0.1) is 0 Å². The summed E-state index contributed by atoms with van der Waals surface area (Å²) in [5, 5.41) is -1.04. The number of alkyl halides is 3. The van der Waals surface area contributed by atoms with Crippen LogP contribution in [0.1, 0.15) is 16.1 Å². The predicted molar refractivity (Wildman–Crippen MR) is 66.0 cm³/mol. The molecule has 1 aromatic carbocycles. The molecule has 9 heteroatoms. The first-order chi connectivity index (χ1) is 9.66. The van der Waals surface area contributed by atoms with Crippen molar-refractivity contribution in [2.24, 2.45) is 0 Å². The van der Waals surface area contributed by atoms with Crippen LogP contribution in [0.2, 0.25) is 5.02 Å². The molecule has 0 atom stereocenters. The summed E-state index contributed by atoms with van der Waals surface area (Å²) in [5.74, 6) is -0.267. The molecule has 21 heavy (non-hydrogen) atoms. The quantitative estimate of drug-likeness (QED) is 0.802. The number of carbonyl (C=O) groups is 1. The molecule has 0 amide bonds. The Morgan fingerprint density at radius 3 is 2.33 bits per heavy atom. The van der Waals surface area contributed by atoms with Gasteiger partial charge in [-0.25, -0.2) is 8.42 Å². The molecule has 0 radical (unpaired) electrons. The summed E-state index contributed by atoms with van der Waals surface area (Å²) >= 11 is 5.66. The Labute approximate surface area is 122 Å². The van der Waals surface area contributed by atoms with Crippen LogP contribution >= 0.6 is 11.6 Å². The second-order valence-corrected chi connectivity index (χ2v) is 6.18. The summed E-state index contributed by atoms with van der Waals surface area (Å²) in [6.07, 6.45) is -4.45. The van der Waals surface area contributed by atoms with Crippen LogP contribution in [0.4, 0.5) is 13.2 Å². The van der Waals surface area contributed by atoms with Gasteiger partial charge >= 0.3 is 6.18 Å². The molecule has 0 unspecified atom stereocenters. The molecule has 112 valence electrons. The Bertz CT molecular complexity index is 793. The normalized spacial score (nSPS) is 12.4. The first-order valence-electron chi connectivity index (χ1n) is 5.33. The zero-order valence-electron chi connectivity index (χ0n) is 10.0. The molecular weight excluding hydrogens is 333 g/mol. The molecule has 0 saturated heterocycles.